The Kier molecular flexibility index (Phi) is 3.82. The smallest absolute Gasteiger partial charge is 0.354 e. The first-order chi connectivity index (χ1) is 9.08. The number of H-pyrrole nitrogens is 1. The van der Waals surface area contributed by atoms with E-state index in [-0.39, 0.29) is 18.0 Å². The predicted octanol–water partition coefficient (Wildman–Crippen LogP) is -0.621. The average Bonchev–Trinajstić information content (AvgIpc) is 2.89. The molecule has 0 aromatic carbocycles. The Balaban J connectivity index is 2.15. The summed E-state index contributed by atoms with van der Waals surface area (Å²) >= 11 is 0. The van der Waals surface area contributed by atoms with Crippen molar-refractivity contribution in [2.24, 2.45) is 0 Å². The number of imidazole rings is 1. The highest BCUT2D eigenvalue weighted by Gasteiger charge is 2.35. The van der Waals surface area contributed by atoms with Gasteiger partial charge in [0.15, 0.2) is 11.4 Å². The molecule has 1 saturated heterocycles. The SMILES string of the molecule is O=C(NC1(CO)CCOCC1)c1nc[nH]c1C(=O)O. The topological polar surface area (TPSA) is 125 Å². The summed E-state index contributed by atoms with van der Waals surface area (Å²) in [5.41, 5.74) is -1.23. The fraction of sp³-hybridized carbons (Fsp3) is 0.545. The number of aliphatic hydroxyl groups is 1. The molecule has 0 spiro atoms. The summed E-state index contributed by atoms with van der Waals surface area (Å²) in [6.45, 7) is 0.648. The molecule has 0 aliphatic carbocycles. The second-order valence-corrected chi connectivity index (χ2v) is 4.44. The maximum atomic E-state index is 12.1. The highest BCUT2D eigenvalue weighted by atomic mass is 16.5. The van der Waals surface area contributed by atoms with E-state index < -0.39 is 17.4 Å². The number of carbonyl (C=O) groups excluding carboxylic acids is 1. The summed E-state index contributed by atoms with van der Waals surface area (Å²) in [6.07, 6.45) is 2.10. The number of amides is 1. The monoisotopic (exact) mass is 269 g/mol. The lowest BCUT2D eigenvalue weighted by Gasteiger charge is -2.36. The van der Waals surface area contributed by atoms with Crippen LogP contribution in [0.25, 0.3) is 0 Å². The zero-order chi connectivity index (χ0) is 13.9. The van der Waals surface area contributed by atoms with E-state index in [1.807, 2.05) is 0 Å². The summed E-state index contributed by atoms with van der Waals surface area (Å²) in [5, 5.41) is 21.0. The van der Waals surface area contributed by atoms with Crippen LogP contribution < -0.4 is 5.32 Å². The molecule has 8 nitrogen and oxygen atoms in total. The number of rotatable bonds is 4. The standard InChI is InChI=1S/C11H15N3O5/c15-5-11(1-3-19-4-2-11)14-9(16)7-8(10(17)18)13-6-12-7/h6,15H,1-5H2,(H,12,13)(H,14,16)(H,17,18). The number of aliphatic hydroxyl groups excluding tert-OH is 1. The third kappa shape index (κ3) is 2.74. The van der Waals surface area contributed by atoms with Gasteiger partial charge in [-0.05, 0) is 12.8 Å². The molecule has 0 saturated carbocycles. The highest BCUT2D eigenvalue weighted by molar-refractivity contribution is 6.02. The molecule has 1 aromatic heterocycles. The molecule has 2 heterocycles. The van der Waals surface area contributed by atoms with Gasteiger partial charge in [-0.25, -0.2) is 9.78 Å². The van der Waals surface area contributed by atoms with Gasteiger partial charge in [0.25, 0.3) is 5.91 Å². The van der Waals surface area contributed by atoms with E-state index in [0.717, 1.165) is 6.33 Å². The van der Waals surface area contributed by atoms with Gasteiger partial charge < -0.3 is 25.3 Å². The van der Waals surface area contributed by atoms with Crippen LogP contribution in [0.15, 0.2) is 6.33 Å². The van der Waals surface area contributed by atoms with Crippen LogP contribution in [0, 0.1) is 0 Å². The van der Waals surface area contributed by atoms with Crippen molar-refractivity contribution < 1.29 is 24.5 Å². The number of aromatic nitrogens is 2. The first kappa shape index (κ1) is 13.5. The molecule has 1 amide bonds. The summed E-state index contributed by atoms with van der Waals surface area (Å²) in [5.74, 6) is -1.87. The van der Waals surface area contributed by atoms with Crippen molar-refractivity contribution in [3.63, 3.8) is 0 Å². The Morgan fingerprint density at radius 3 is 2.74 bits per heavy atom. The summed E-state index contributed by atoms with van der Waals surface area (Å²) in [6, 6.07) is 0. The predicted molar refractivity (Wildman–Crippen MR) is 62.9 cm³/mol. The number of nitrogens with zero attached hydrogens (tertiary/aromatic N) is 1. The fourth-order valence-electron chi connectivity index (χ4n) is 2.01. The third-order valence-electron chi connectivity index (χ3n) is 3.20. The Labute approximate surface area is 108 Å². The first-order valence-corrected chi connectivity index (χ1v) is 5.86. The van der Waals surface area contributed by atoms with Crippen molar-refractivity contribution in [2.45, 2.75) is 18.4 Å². The van der Waals surface area contributed by atoms with Gasteiger partial charge in [-0.2, -0.15) is 0 Å². The summed E-state index contributed by atoms with van der Waals surface area (Å²) in [7, 11) is 0. The van der Waals surface area contributed by atoms with Gasteiger partial charge in [0.1, 0.15) is 0 Å². The minimum absolute atomic E-state index is 0.188. The van der Waals surface area contributed by atoms with Crippen LogP contribution in [0.5, 0.6) is 0 Å². The molecule has 1 aromatic rings. The van der Waals surface area contributed by atoms with Gasteiger partial charge in [0.2, 0.25) is 0 Å². The van der Waals surface area contributed by atoms with Crippen LogP contribution >= 0.6 is 0 Å². The Bertz CT molecular complexity index is 478. The Hall–Kier alpha value is -1.93. The van der Waals surface area contributed by atoms with Gasteiger partial charge in [0, 0.05) is 13.2 Å². The van der Waals surface area contributed by atoms with Crippen LogP contribution in [0.2, 0.25) is 0 Å². The van der Waals surface area contributed by atoms with Crippen molar-refractivity contribution >= 4 is 11.9 Å². The number of carboxylic acids is 1. The molecule has 1 fully saturated rings. The molecule has 0 bridgehead atoms. The number of hydrogen-bond acceptors (Lipinski definition) is 5. The number of carbonyl (C=O) groups is 2. The lowest BCUT2D eigenvalue weighted by molar-refractivity contribution is 0.0124. The maximum absolute atomic E-state index is 12.1. The molecule has 2 rings (SSSR count). The van der Waals surface area contributed by atoms with Crippen molar-refractivity contribution in [3.05, 3.63) is 17.7 Å². The largest absolute Gasteiger partial charge is 0.477 e. The number of nitrogens with one attached hydrogen (secondary N) is 2. The fourth-order valence-corrected chi connectivity index (χ4v) is 2.01. The second kappa shape index (κ2) is 5.37. The van der Waals surface area contributed by atoms with Gasteiger partial charge in [-0.1, -0.05) is 0 Å². The maximum Gasteiger partial charge on any atom is 0.354 e. The molecule has 0 atom stereocenters. The van der Waals surface area contributed by atoms with Crippen molar-refractivity contribution in [1.29, 1.82) is 0 Å². The zero-order valence-corrected chi connectivity index (χ0v) is 10.2. The van der Waals surface area contributed by atoms with Crippen molar-refractivity contribution in [1.82, 2.24) is 15.3 Å². The Morgan fingerprint density at radius 1 is 1.47 bits per heavy atom. The molecular formula is C11H15N3O5. The molecule has 4 N–H and O–H groups in total. The number of hydrogen-bond donors (Lipinski definition) is 4. The summed E-state index contributed by atoms with van der Waals surface area (Å²) in [4.78, 5) is 29.1. The molecule has 104 valence electrons. The number of carboxylic acid groups (broad SMARTS) is 1. The van der Waals surface area contributed by atoms with Crippen LogP contribution in [0.1, 0.15) is 33.8 Å². The van der Waals surface area contributed by atoms with E-state index in [1.165, 1.54) is 0 Å². The molecule has 8 heteroatoms. The van der Waals surface area contributed by atoms with Crippen LogP contribution in [0.3, 0.4) is 0 Å². The molecule has 0 radical (unpaired) electrons. The van der Waals surface area contributed by atoms with Gasteiger partial charge in [-0.3, -0.25) is 4.79 Å². The lowest BCUT2D eigenvalue weighted by Crippen LogP contribution is -2.54. The van der Waals surface area contributed by atoms with E-state index in [1.54, 1.807) is 0 Å². The summed E-state index contributed by atoms with van der Waals surface area (Å²) < 4.78 is 5.18. The van der Waals surface area contributed by atoms with Crippen LogP contribution in [-0.4, -0.2) is 57.4 Å². The second-order valence-electron chi connectivity index (χ2n) is 4.44. The third-order valence-corrected chi connectivity index (χ3v) is 3.20. The molecule has 19 heavy (non-hydrogen) atoms. The van der Waals surface area contributed by atoms with Gasteiger partial charge in [0.05, 0.1) is 18.5 Å². The van der Waals surface area contributed by atoms with E-state index in [4.69, 9.17) is 9.84 Å². The van der Waals surface area contributed by atoms with E-state index in [2.05, 4.69) is 15.3 Å². The lowest BCUT2D eigenvalue weighted by atomic mass is 9.91. The zero-order valence-electron chi connectivity index (χ0n) is 10.2. The minimum Gasteiger partial charge on any atom is -0.477 e. The number of aromatic carboxylic acids is 1. The molecule has 0 unspecified atom stereocenters. The van der Waals surface area contributed by atoms with E-state index in [9.17, 15) is 14.7 Å². The van der Waals surface area contributed by atoms with Crippen LogP contribution in [0.4, 0.5) is 0 Å². The van der Waals surface area contributed by atoms with Crippen LogP contribution in [-0.2, 0) is 4.74 Å². The quantitative estimate of drug-likeness (QED) is 0.577. The first-order valence-electron chi connectivity index (χ1n) is 5.86. The number of aromatic amines is 1. The molecule has 1 aliphatic heterocycles. The number of ether oxygens (including phenoxy) is 1. The van der Waals surface area contributed by atoms with Gasteiger partial charge in [-0.15, -0.1) is 0 Å². The molecule has 1 aliphatic rings. The highest BCUT2D eigenvalue weighted by Crippen LogP contribution is 2.20. The normalized spacial score (nSPS) is 17.9. The van der Waals surface area contributed by atoms with E-state index in [0.29, 0.717) is 26.1 Å². The minimum atomic E-state index is -1.26. The molecular weight excluding hydrogens is 254 g/mol. The van der Waals surface area contributed by atoms with Crippen molar-refractivity contribution in [2.75, 3.05) is 19.8 Å². The van der Waals surface area contributed by atoms with Crippen molar-refractivity contribution in [3.8, 4) is 0 Å². The van der Waals surface area contributed by atoms with Gasteiger partial charge >= 0.3 is 5.97 Å². The van der Waals surface area contributed by atoms with E-state index >= 15 is 0 Å². The average molecular weight is 269 g/mol. The Morgan fingerprint density at radius 2 is 2.16 bits per heavy atom.